The third kappa shape index (κ3) is 2.95. The molecule has 0 aromatic heterocycles. The molecule has 5 nitrogen and oxygen atoms in total. The molecule has 104 valence electrons. The topological polar surface area (TPSA) is 78.4 Å². The van der Waals surface area contributed by atoms with Gasteiger partial charge in [0.1, 0.15) is 11.5 Å². The molecule has 0 aliphatic carbocycles. The monoisotopic (exact) mass is 272 g/mol. The van der Waals surface area contributed by atoms with Crippen LogP contribution in [0, 0.1) is 17.0 Å². The normalized spacial score (nSPS) is 11.9. The van der Waals surface area contributed by atoms with Gasteiger partial charge in [-0.3, -0.25) is 10.1 Å². The van der Waals surface area contributed by atoms with Gasteiger partial charge in [-0.15, -0.1) is 0 Å². The van der Waals surface area contributed by atoms with Gasteiger partial charge in [-0.05, 0) is 37.6 Å². The Morgan fingerprint density at radius 3 is 2.60 bits per heavy atom. The summed E-state index contributed by atoms with van der Waals surface area (Å²) in [6.45, 7) is 3.56. The van der Waals surface area contributed by atoms with Crippen LogP contribution in [0.5, 0.6) is 11.5 Å². The predicted octanol–water partition coefficient (Wildman–Crippen LogP) is 3.72. The lowest BCUT2D eigenvalue weighted by Crippen LogP contribution is -2.04. The van der Waals surface area contributed by atoms with Crippen LogP contribution in [0.25, 0.3) is 0 Å². The third-order valence-electron chi connectivity index (χ3n) is 3.06. The van der Waals surface area contributed by atoms with E-state index in [2.05, 4.69) is 0 Å². The largest absolute Gasteiger partial charge is 0.457 e. The number of nitrogens with zero attached hydrogens (tertiary/aromatic N) is 1. The van der Waals surface area contributed by atoms with Crippen molar-refractivity contribution in [2.75, 3.05) is 0 Å². The van der Waals surface area contributed by atoms with Gasteiger partial charge < -0.3 is 10.5 Å². The molecule has 1 unspecified atom stereocenters. The zero-order chi connectivity index (χ0) is 14.7. The Kier molecular flexibility index (Phi) is 4.00. The SMILES string of the molecule is Cc1c(Oc2cccc(C(C)N)c2)cccc1[N+](=O)[O-]. The van der Waals surface area contributed by atoms with Gasteiger partial charge in [-0.1, -0.05) is 18.2 Å². The molecule has 0 saturated heterocycles. The molecule has 5 heteroatoms. The molecule has 0 bridgehead atoms. The summed E-state index contributed by atoms with van der Waals surface area (Å²) in [6.07, 6.45) is 0. The van der Waals surface area contributed by atoms with Crippen molar-refractivity contribution in [3.05, 3.63) is 63.7 Å². The van der Waals surface area contributed by atoms with E-state index >= 15 is 0 Å². The van der Waals surface area contributed by atoms with Crippen molar-refractivity contribution in [2.45, 2.75) is 19.9 Å². The van der Waals surface area contributed by atoms with Gasteiger partial charge in [0.05, 0.1) is 10.5 Å². The Balaban J connectivity index is 2.33. The maximum atomic E-state index is 10.9. The molecule has 0 saturated carbocycles. The van der Waals surface area contributed by atoms with Gasteiger partial charge in [0.15, 0.2) is 0 Å². The Hall–Kier alpha value is -2.40. The Morgan fingerprint density at radius 2 is 1.95 bits per heavy atom. The first-order valence-electron chi connectivity index (χ1n) is 6.26. The fraction of sp³-hybridized carbons (Fsp3) is 0.200. The maximum absolute atomic E-state index is 10.9. The van der Waals surface area contributed by atoms with Crippen LogP contribution in [-0.2, 0) is 0 Å². The summed E-state index contributed by atoms with van der Waals surface area (Å²) in [4.78, 5) is 10.5. The molecule has 2 rings (SSSR count). The molecule has 2 aromatic rings. The first-order valence-corrected chi connectivity index (χ1v) is 6.26. The van der Waals surface area contributed by atoms with Gasteiger partial charge in [0, 0.05) is 12.1 Å². The average Bonchev–Trinajstić information content (AvgIpc) is 2.41. The fourth-order valence-corrected chi connectivity index (χ4v) is 1.90. The van der Waals surface area contributed by atoms with Crippen LogP contribution in [0.1, 0.15) is 24.1 Å². The quantitative estimate of drug-likeness (QED) is 0.679. The predicted molar refractivity (Wildman–Crippen MR) is 77.0 cm³/mol. The van der Waals surface area contributed by atoms with Gasteiger partial charge in [-0.2, -0.15) is 0 Å². The van der Waals surface area contributed by atoms with Crippen LogP contribution in [0.2, 0.25) is 0 Å². The lowest BCUT2D eigenvalue weighted by Gasteiger charge is -2.11. The first-order chi connectivity index (χ1) is 9.49. The smallest absolute Gasteiger partial charge is 0.276 e. The molecule has 1 atom stereocenters. The van der Waals surface area contributed by atoms with Crippen molar-refractivity contribution in [3.63, 3.8) is 0 Å². The molecule has 0 aliphatic rings. The molecule has 2 aromatic carbocycles. The lowest BCUT2D eigenvalue weighted by atomic mass is 10.1. The van der Waals surface area contributed by atoms with Crippen LogP contribution < -0.4 is 10.5 Å². The van der Waals surface area contributed by atoms with Crippen LogP contribution in [-0.4, -0.2) is 4.92 Å². The summed E-state index contributed by atoms with van der Waals surface area (Å²) in [5, 5.41) is 10.9. The second-order valence-electron chi connectivity index (χ2n) is 4.62. The summed E-state index contributed by atoms with van der Waals surface area (Å²) < 4.78 is 5.73. The molecular weight excluding hydrogens is 256 g/mol. The molecule has 20 heavy (non-hydrogen) atoms. The Labute approximate surface area is 117 Å². The number of benzene rings is 2. The van der Waals surface area contributed by atoms with Crippen molar-refractivity contribution >= 4 is 5.69 Å². The number of nitro benzene ring substituents is 1. The highest BCUT2D eigenvalue weighted by atomic mass is 16.6. The van der Waals surface area contributed by atoms with Crippen LogP contribution in [0.4, 0.5) is 5.69 Å². The van der Waals surface area contributed by atoms with E-state index in [1.54, 1.807) is 25.1 Å². The minimum atomic E-state index is -0.416. The Bertz CT molecular complexity index is 639. The summed E-state index contributed by atoms with van der Waals surface area (Å²) >= 11 is 0. The summed E-state index contributed by atoms with van der Waals surface area (Å²) in [7, 11) is 0. The molecular formula is C15H16N2O3. The summed E-state index contributed by atoms with van der Waals surface area (Å²) in [5.41, 5.74) is 7.32. The second-order valence-corrected chi connectivity index (χ2v) is 4.62. The van der Waals surface area contributed by atoms with E-state index < -0.39 is 4.92 Å². The molecule has 0 fully saturated rings. The third-order valence-corrected chi connectivity index (χ3v) is 3.06. The van der Waals surface area contributed by atoms with E-state index in [-0.39, 0.29) is 11.7 Å². The van der Waals surface area contributed by atoms with Crippen molar-refractivity contribution in [1.29, 1.82) is 0 Å². The van der Waals surface area contributed by atoms with Gasteiger partial charge in [0.25, 0.3) is 5.69 Å². The number of nitrogens with two attached hydrogens (primary N) is 1. The van der Waals surface area contributed by atoms with Crippen LogP contribution in [0.3, 0.4) is 0 Å². The van der Waals surface area contributed by atoms with Crippen molar-refractivity contribution in [2.24, 2.45) is 5.73 Å². The standard InChI is InChI=1S/C15H16N2O3/c1-10-14(17(18)19)7-4-8-15(10)20-13-6-3-5-12(9-13)11(2)16/h3-9,11H,16H2,1-2H3. The fourth-order valence-electron chi connectivity index (χ4n) is 1.90. The maximum Gasteiger partial charge on any atom is 0.276 e. The van der Waals surface area contributed by atoms with Crippen molar-refractivity contribution in [3.8, 4) is 11.5 Å². The molecule has 0 heterocycles. The highest BCUT2D eigenvalue weighted by Crippen LogP contribution is 2.31. The highest BCUT2D eigenvalue weighted by Gasteiger charge is 2.14. The van der Waals surface area contributed by atoms with Gasteiger partial charge in [-0.25, -0.2) is 0 Å². The summed E-state index contributed by atoms with van der Waals surface area (Å²) in [6, 6.07) is 12.1. The summed E-state index contributed by atoms with van der Waals surface area (Å²) in [5.74, 6) is 1.09. The van der Waals surface area contributed by atoms with E-state index in [9.17, 15) is 10.1 Å². The molecule has 0 amide bonds. The van der Waals surface area contributed by atoms with Crippen LogP contribution >= 0.6 is 0 Å². The zero-order valence-corrected chi connectivity index (χ0v) is 11.4. The van der Waals surface area contributed by atoms with E-state index in [0.717, 1.165) is 5.56 Å². The second kappa shape index (κ2) is 5.71. The molecule has 2 N–H and O–H groups in total. The minimum Gasteiger partial charge on any atom is -0.457 e. The van der Waals surface area contributed by atoms with Crippen molar-refractivity contribution < 1.29 is 9.66 Å². The minimum absolute atomic E-state index is 0.0471. The van der Waals surface area contributed by atoms with Gasteiger partial charge in [0.2, 0.25) is 0 Å². The molecule has 0 aliphatic heterocycles. The lowest BCUT2D eigenvalue weighted by molar-refractivity contribution is -0.385. The van der Waals surface area contributed by atoms with E-state index in [1.165, 1.54) is 6.07 Å². The van der Waals surface area contributed by atoms with E-state index in [1.807, 2.05) is 25.1 Å². The zero-order valence-electron chi connectivity index (χ0n) is 11.4. The molecule has 0 radical (unpaired) electrons. The van der Waals surface area contributed by atoms with Crippen molar-refractivity contribution in [1.82, 2.24) is 0 Å². The molecule has 0 spiro atoms. The first kappa shape index (κ1) is 14.0. The number of hydrogen-bond donors (Lipinski definition) is 1. The number of nitro groups is 1. The number of rotatable bonds is 4. The van der Waals surface area contributed by atoms with E-state index in [0.29, 0.717) is 17.1 Å². The average molecular weight is 272 g/mol. The Morgan fingerprint density at radius 1 is 1.25 bits per heavy atom. The van der Waals surface area contributed by atoms with E-state index in [4.69, 9.17) is 10.5 Å². The van der Waals surface area contributed by atoms with Gasteiger partial charge >= 0.3 is 0 Å². The van der Waals surface area contributed by atoms with Crippen LogP contribution in [0.15, 0.2) is 42.5 Å². The highest BCUT2D eigenvalue weighted by molar-refractivity contribution is 5.50. The number of hydrogen-bond acceptors (Lipinski definition) is 4. The number of ether oxygens (including phenoxy) is 1.